The molecule has 1 aliphatic heterocycles. The van der Waals surface area contributed by atoms with Crippen LogP contribution in [0.3, 0.4) is 0 Å². The van der Waals surface area contributed by atoms with Gasteiger partial charge >= 0.3 is 0 Å². The number of hydrogen-bond acceptors (Lipinski definition) is 5. The van der Waals surface area contributed by atoms with Gasteiger partial charge in [-0.05, 0) is 55.5 Å². The van der Waals surface area contributed by atoms with Gasteiger partial charge in [0, 0.05) is 24.3 Å². The largest absolute Gasteiger partial charge is 0.493 e. The van der Waals surface area contributed by atoms with Gasteiger partial charge in [0.1, 0.15) is 0 Å². The first-order chi connectivity index (χ1) is 16.4. The van der Waals surface area contributed by atoms with Crippen LogP contribution < -0.4 is 14.8 Å². The number of likely N-dealkylation sites (N-methyl/N-ethyl adjacent to an activating group) is 1. The maximum Gasteiger partial charge on any atom is 0.260 e. The average molecular weight is 481 g/mol. The smallest absolute Gasteiger partial charge is 0.260 e. The lowest BCUT2D eigenvalue weighted by molar-refractivity contribution is -0.132. The zero-order valence-electron chi connectivity index (χ0n) is 20.1. The maximum absolute atomic E-state index is 13.2. The Kier molecular flexibility index (Phi) is 7.51. The number of carbonyl (C=O) groups excluding carboxylic acids is 2. The molecule has 2 aromatic carbocycles. The summed E-state index contributed by atoms with van der Waals surface area (Å²) in [6.45, 7) is 2.01. The van der Waals surface area contributed by atoms with Crippen LogP contribution in [0.4, 0.5) is 0 Å². The fourth-order valence-electron chi connectivity index (χ4n) is 4.79. The normalized spacial score (nSPS) is 24.4. The van der Waals surface area contributed by atoms with Crippen LogP contribution in [0.5, 0.6) is 11.5 Å². The summed E-state index contributed by atoms with van der Waals surface area (Å²) in [5.41, 5.74) is 1.98. The number of thioether (sulfide) groups is 1. The molecule has 1 saturated heterocycles. The quantitative estimate of drug-likeness (QED) is 0.609. The summed E-state index contributed by atoms with van der Waals surface area (Å²) in [4.78, 5) is 28.7. The number of ether oxygens (including phenoxy) is 2. The molecule has 7 heteroatoms. The molecule has 6 nitrogen and oxygen atoms in total. The molecule has 4 rings (SSSR count). The van der Waals surface area contributed by atoms with E-state index in [1.807, 2.05) is 73.5 Å². The van der Waals surface area contributed by atoms with E-state index in [9.17, 15) is 9.59 Å². The first-order valence-corrected chi connectivity index (χ1v) is 12.5. The van der Waals surface area contributed by atoms with Crippen LogP contribution in [0.1, 0.15) is 43.4 Å². The van der Waals surface area contributed by atoms with Crippen LogP contribution in [0, 0.1) is 5.92 Å². The van der Waals surface area contributed by atoms with E-state index in [-0.39, 0.29) is 35.1 Å². The van der Waals surface area contributed by atoms with E-state index in [0.29, 0.717) is 17.9 Å². The maximum atomic E-state index is 13.2. The molecular formula is C27H32N2O4S. The molecule has 1 heterocycles. The highest BCUT2D eigenvalue weighted by Crippen LogP contribution is 2.43. The lowest BCUT2D eigenvalue weighted by atomic mass is 9.83. The van der Waals surface area contributed by atoms with Gasteiger partial charge in [0.05, 0.1) is 25.2 Å². The van der Waals surface area contributed by atoms with Gasteiger partial charge in [0.15, 0.2) is 11.5 Å². The second-order valence-corrected chi connectivity index (χ2v) is 10.2. The highest BCUT2D eigenvalue weighted by atomic mass is 32.2. The molecule has 180 valence electrons. The number of benzene rings is 2. The third kappa shape index (κ3) is 5.09. The number of nitrogens with zero attached hydrogens (tertiary/aromatic N) is 1. The Labute approximate surface area is 205 Å². The highest BCUT2D eigenvalue weighted by Gasteiger charge is 2.43. The van der Waals surface area contributed by atoms with Gasteiger partial charge in [-0.1, -0.05) is 36.4 Å². The molecule has 2 aliphatic rings. The van der Waals surface area contributed by atoms with Crippen molar-refractivity contribution in [1.29, 1.82) is 0 Å². The fourth-order valence-corrected chi connectivity index (χ4v) is 6.27. The predicted molar refractivity (Wildman–Crippen MR) is 136 cm³/mol. The molecule has 34 heavy (non-hydrogen) atoms. The molecule has 4 unspecified atom stereocenters. The summed E-state index contributed by atoms with van der Waals surface area (Å²) in [5.74, 6) is 1.28. The van der Waals surface area contributed by atoms with Crippen LogP contribution in [0.15, 0.2) is 53.4 Å². The topological polar surface area (TPSA) is 67.9 Å². The van der Waals surface area contributed by atoms with E-state index in [1.165, 1.54) is 0 Å². The van der Waals surface area contributed by atoms with Crippen molar-refractivity contribution < 1.29 is 19.1 Å². The van der Waals surface area contributed by atoms with Gasteiger partial charge in [-0.25, -0.2) is 0 Å². The Morgan fingerprint density at radius 3 is 2.56 bits per heavy atom. The van der Waals surface area contributed by atoms with E-state index in [2.05, 4.69) is 5.32 Å². The molecule has 2 fully saturated rings. The third-order valence-electron chi connectivity index (χ3n) is 6.80. The molecule has 0 radical (unpaired) electrons. The molecule has 1 saturated carbocycles. The third-order valence-corrected chi connectivity index (χ3v) is 8.20. The van der Waals surface area contributed by atoms with E-state index in [4.69, 9.17) is 9.47 Å². The summed E-state index contributed by atoms with van der Waals surface area (Å²) < 4.78 is 10.7. The Morgan fingerprint density at radius 1 is 1.12 bits per heavy atom. The van der Waals surface area contributed by atoms with Gasteiger partial charge < -0.3 is 19.7 Å². The number of nitrogens with one attached hydrogen (secondary N) is 1. The average Bonchev–Trinajstić information content (AvgIpc) is 2.87. The van der Waals surface area contributed by atoms with Crippen molar-refractivity contribution in [3.8, 4) is 11.5 Å². The van der Waals surface area contributed by atoms with Crippen LogP contribution >= 0.6 is 11.8 Å². The van der Waals surface area contributed by atoms with Gasteiger partial charge in [-0.15, -0.1) is 11.8 Å². The number of methoxy groups -OCH3 is 2. The summed E-state index contributed by atoms with van der Waals surface area (Å²) in [7, 11) is 5.06. The Balaban J connectivity index is 1.43. The number of hydrogen-bond donors (Lipinski definition) is 1. The van der Waals surface area contributed by atoms with Gasteiger partial charge in [-0.3, -0.25) is 9.59 Å². The number of fused-ring (bicyclic) bond motifs is 1. The minimum atomic E-state index is -0.0837. The minimum absolute atomic E-state index is 0.000235. The monoisotopic (exact) mass is 480 g/mol. The van der Waals surface area contributed by atoms with Crippen LogP contribution in [0.25, 0.3) is 6.08 Å². The van der Waals surface area contributed by atoms with E-state index in [1.54, 1.807) is 26.0 Å². The van der Waals surface area contributed by atoms with E-state index in [0.717, 1.165) is 28.9 Å². The van der Waals surface area contributed by atoms with Crippen LogP contribution in [-0.4, -0.2) is 49.3 Å². The zero-order chi connectivity index (χ0) is 24.2. The lowest BCUT2D eigenvalue weighted by Gasteiger charge is -2.44. The second-order valence-electron chi connectivity index (χ2n) is 8.91. The van der Waals surface area contributed by atoms with Crippen molar-refractivity contribution in [1.82, 2.24) is 10.2 Å². The van der Waals surface area contributed by atoms with Crippen LogP contribution in [-0.2, 0) is 9.59 Å². The summed E-state index contributed by atoms with van der Waals surface area (Å²) in [5, 5.41) is 3.45. The Morgan fingerprint density at radius 2 is 1.85 bits per heavy atom. The van der Waals surface area contributed by atoms with Gasteiger partial charge in [-0.2, -0.15) is 0 Å². The van der Waals surface area contributed by atoms with Crippen molar-refractivity contribution >= 4 is 29.7 Å². The summed E-state index contributed by atoms with van der Waals surface area (Å²) in [6.07, 6.45) is 4.33. The molecule has 0 spiro atoms. The van der Waals surface area contributed by atoms with Crippen molar-refractivity contribution in [2.75, 3.05) is 21.3 Å². The van der Waals surface area contributed by atoms with Crippen molar-refractivity contribution in [2.24, 2.45) is 5.92 Å². The minimum Gasteiger partial charge on any atom is -0.493 e. The fraction of sp³-hybridized carbons (Fsp3) is 0.407. The molecule has 0 bridgehead atoms. The zero-order valence-corrected chi connectivity index (χ0v) is 20.9. The van der Waals surface area contributed by atoms with E-state index >= 15 is 0 Å². The lowest BCUT2D eigenvalue weighted by Crippen LogP contribution is -2.52. The van der Waals surface area contributed by atoms with Crippen molar-refractivity contribution in [2.45, 2.75) is 43.5 Å². The van der Waals surface area contributed by atoms with Crippen molar-refractivity contribution in [3.05, 3.63) is 64.6 Å². The molecule has 2 aromatic rings. The molecule has 1 N–H and O–H groups in total. The van der Waals surface area contributed by atoms with E-state index < -0.39 is 0 Å². The van der Waals surface area contributed by atoms with Crippen LogP contribution in [0.2, 0.25) is 0 Å². The second kappa shape index (κ2) is 10.6. The molecule has 0 aromatic heterocycles. The van der Waals surface area contributed by atoms with Gasteiger partial charge in [0.2, 0.25) is 5.91 Å². The summed E-state index contributed by atoms with van der Waals surface area (Å²) >= 11 is 1.64. The van der Waals surface area contributed by atoms with Gasteiger partial charge in [0.25, 0.3) is 5.91 Å². The number of carbonyl (C=O) groups is 2. The number of amides is 2. The number of rotatable bonds is 6. The predicted octanol–water partition coefficient (Wildman–Crippen LogP) is 4.66. The van der Waals surface area contributed by atoms with Crippen molar-refractivity contribution in [3.63, 3.8) is 0 Å². The Bertz CT molecular complexity index is 1070. The first-order valence-electron chi connectivity index (χ1n) is 11.6. The Hall–Kier alpha value is -2.93. The molecule has 1 aliphatic carbocycles. The first kappa shape index (κ1) is 24.2. The molecular weight excluding hydrogens is 448 g/mol. The SMILES string of the molecule is COc1ccc(/C=C2\SC3CCC(C(=O)NC(C)c4ccccc4)CC3N(C)C2=O)cc1OC. The standard InChI is InChI=1S/C27H32N2O4S/c1-17(19-8-6-5-7-9-19)28-26(30)20-11-13-24-21(16-20)29(2)27(31)25(34-24)15-18-10-12-22(32-3)23(14-18)33-4/h5-10,12,14-15,17,20-21,24H,11,13,16H2,1-4H3,(H,28,30)/b25-15-. The molecule has 4 atom stereocenters. The summed E-state index contributed by atoms with van der Waals surface area (Å²) in [6, 6.07) is 15.6. The molecule has 2 amide bonds. The highest BCUT2D eigenvalue weighted by molar-refractivity contribution is 8.04.